The molecule has 1 aliphatic heterocycles. The Bertz CT molecular complexity index is 456. The van der Waals surface area contributed by atoms with E-state index in [9.17, 15) is 4.79 Å². The first-order valence-electron chi connectivity index (χ1n) is 7.54. The zero-order valence-corrected chi connectivity index (χ0v) is 12.6. The predicted octanol–water partition coefficient (Wildman–Crippen LogP) is 2.39. The fraction of sp³-hybridized carbons (Fsp3) is 0.733. The zero-order valence-electron chi connectivity index (χ0n) is 12.6. The van der Waals surface area contributed by atoms with E-state index >= 15 is 0 Å². The van der Waals surface area contributed by atoms with Crippen molar-refractivity contribution in [3.63, 3.8) is 0 Å². The summed E-state index contributed by atoms with van der Waals surface area (Å²) >= 11 is 0. The van der Waals surface area contributed by atoms with Crippen LogP contribution in [0.3, 0.4) is 0 Å². The summed E-state index contributed by atoms with van der Waals surface area (Å²) in [7, 11) is 0. The third-order valence-electron chi connectivity index (χ3n) is 4.35. The molecule has 1 aromatic heterocycles. The molecule has 0 aromatic carbocycles. The lowest BCUT2D eigenvalue weighted by Crippen LogP contribution is -2.44. The van der Waals surface area contributed by atoms with E-state index < -0.39 is 0 Å². The van der Waals surface area contributed by atoms with E-state index in [1.807, 2.05) is 11.8 Å². The second-order valence-electron chi connectivity index (χ2n) is 5.94. The van der Waals surface area contributed by atoms with E-state index in [1.54, 1.807) is 6.07 Å². The molecule has 1 amide bonds. The molecule has 5 heteroatoms. The molecule has 3 atom stereocenters. The van der Waals surface area contributed by atoms with Gasteiger partial charge in [0.05, 0.1) is 5.69 Å². The number of rotatable bonds is 4. The zero-order chi connectivity index (χ0) is 14.7. The van der Waals surface area contributed by atoms with Crippen LogP contribution >= 0.6 is 0 Å². The summed E-state index contributed by atoms with van der Waals surface area (Å²) in [5, 5.41) is 4.01. The minimum Gasteiger partial charge on any atom is -0.351 e. The summed E-state index contributed by atoms with van der Waals surface area (Å²) in [6, 6.07) is 1.91. The molecule has 0 bridgehead atoms. The Balaban J connectivity index is 2.05. The number of likely N-dealkylation sites (tertiary alicyclic amines) is 1. The Labute approximate surface area is 120 Å². The molecule has 1 saturated heterocycles. The normalized spacial score (nSPS) is 22.6. The molecule has 5 nitrogen and oxygen atoms in total. The summed E-state index contributed by atoms with van der Waals surface area (Å²) in [6.45, 7) is 7.68. The minimum atomic E-state index is -0.0580. The van der Waals surface area contributed by atoms with Crippen LogP contribution in [0.15, 0.2) is 10.6 Å². The number of aromatic nitrogens is 1. The maximum atomic E-state index is 12.4. The highest BCUT2D eigenvalue weighted by molar-refractivity contribution is 5.91. The van der Waals surface area contributed by atoms with Crippen molar-refractivity contribution >= 4 is 5.91 Å². The number of nitrogens with two attached hydrogens (primary N) is 1. The molecule has 2 N–H and O–H groups in total. The van der Waals surface area contributed by atoms with E-state index in [4.69, 9.17) is 10.3 Å². The first kappa shape index (κ1) is 15.0. The lowest BCUT2D eigenvalue weighted by molar-refractivity contribution is 0.0619. The van der Waals surface area contributed by atoms with Crippen molar-refractivity contribution in [1.29, 1.82) is 0 Å². The molecule has 2 rings (SSSR count). The van der Waals surface area contributed by atoms with Crippen molar-refractivity contribution in [2.75, 3.05) is 13.1 Å². The second-order valence-corrected chi connectivity index (χ2v) is 5.94. The molecule has 0 aliphatic carbocycles. The fourth-order valence-electron chi connectivity index (χ4n) is 2.61. The summed E-state index contributed by atoms with van der Waals surface area (Å²) in [6.07, 6.45) is 3.08. The largest absolute Gasteiger partial charge is 0.351 e. The predicted molar refractivity (Wildman–Crippen MR) is 77.5 cm³/mol. The summed E-state index contributed by atoms with van der Waals surface area (Å²) in [5.41, 5.74) is 6.81. The monoisotopic (exact) mass is 279 g/mol. The van der Waals surface area contributed by atoms with Crippen LogP contribution in [0.2, 0.25) is 0 Å². The van der Waals surface area contributed by atoms with E-state index in [0.717, 1.165) is 38.0 Å². The Kier molecular flexibility index (Phi) is 4.81. The van der Waals surface area contributed by atoms with Gasteiger partial charge in [0.25, 0.3) is 5.91 Å². The number of hydrogen-bond acceptors (Lipinski definition) is 4. The van der Waals surface area contributed by atoms with Crippen LogP contribution in [-0.4, -0.2) is 35.1 Å². The Morgan fingerprint density at radius 2 is 2.35 bits per heavy atom. The van der Waals surface area contributed by atoms with Crippen molar-refractivity contribution in [2.24, 2.45) is 11.7 Å². The molecule has 0 radical (unpaired) electrons. The van der Waals surface area contributed by atoms with Gasteiger partial charge in [-0.15, -0.1) is 0 Å². The SMILES string of the molecule is CCC(C)c1cc(C(=O)N2CCCC(C(C)N)C2)on1. The first-order chi connectivity index (χ1) is 9.52. The second kappa shape index (κ2) is 6.39. The van der Waals surface area contributed by atoms with Gasteiger partial charge in [-0.3, -0.25) is 4.79 Å². The number of amides is 1. The van der Waals surface area contributed by atoms with Crippen molar-refractivity contribution in [2.45, 2.75) is 52.0 Å². The van der Waals surface area contributed by atoms with Crippen LogP contribution in [0.1, 0.15) is 62.2 Å². The Morgan fingerprint density at radius 3 is 3.00 bits per heavy atom. The minimum absolute atomic E-state index is 0.0580. The lowest BCUT2D eigenvalue weighted by Gasteiger charge is -2.34. The van der Waals surface area contributed by atoms with E-state index in [2.05, 4.69) is 19.0 Å². The average molecular weight is 279 g/mol. The van der Waals surface area contributed by atoms with E-state index in [1.165, 1.54) is 0 Å². The van der Waals surface area contributed by atoms with Crippen LogP contribution < -0.4 is 5.73 Å². The van der Waals surface area contributed by atoms with Crippen LogP contribution in [0.5, 0.6) is 0 Å². The summed E-state index contributed by atoms with van der Waals surface area (Å²) in [5.74, 6) is 0.992. The maximum Gasteiger partial charge on any atom is 0.292 e. The highest BCUT2D eigenvalue weighted by Crippen LogP contribution is 2.23. The van der Waals surface area contributed by atoms with Gasteiger partial charge in [0, 0.05) is 31.1 Å². The molecule has 3 unspecified atom stereocenters. The maximum absolute atomic E-state index is 12.4. The van der Waals surface area contributed by atoms with Crippen molar-refractivity contribution in [3.05, 3.63) is 17.5 Å². The molecule has 2 heterocycles. The third kappa shape index (κ3) is 3.20. The average Bonchev–Trinajstić information content (AvgIpc) is 2.95. The Morgan fingerprint density at radius 1 is 1.60 bits per heavy atom. The third-order valence-corrected chi connectivity index (χ3v) is 4.35. The molecule has 0 spiro atoms. The molecular weight excluding hydrogens is 254 g/mol. The van der Waals surface area contributed by atoms with E-state index in [0.29, 0.717) is 17.6 Å². The summed E-state index contributed by atoms with van der Waals surface area (Å²) in [4.78, 5) is 14.3. The molecule has 112 valence electrons. The Hall–Kier alpha value is -1.36. The number of carbonyl (C=O) groups excluding carboxylic acids is 1. The van der Waals surface area contributed by atoms with Gasteiger partial charge in [0.15, 0.2) is 0 Å². The van der Waals surface area contributed by atoms with Gasteiger partial charge in [-0.05, 0) is 32.1 Å². The van der Waals surface area contributed by atoms with Gasteiger partial charge in [-0.2, -0.15) is 0 Å². The molecule has 20 heavy (non-hydrogen) atoms. The smallest absolute Gasteiger partial charge is 0.292 e. The number of hydrogen-bond donors (Lipinski definition) is 1. The first-order valence-corrected chi connectivity index (χ1v) is 7.54. The van der Waals surface area contributed by atoms with Gasteiger partial charge in [-0.1, -0.05) is 19.0 Å². The van der Waals surface area contributed by atoms with E-state index in [-0.39, 0.29) is 11.9 Å². The lowest BCUT2D eigenvalue weighted by atomic mass is 9.92. The molecule has 0 saturated carbocycles. The van der Waals surface area contributed by atoms with Crippen LogP contribution in [-0.2, 0) is 0 Å². The molecule has 1 aromatic rings. The van der Waals surface area contributed by atoms with Gasteiger partial charge in [0.1, 0.15) is 0 Å². The van der Waals surface area contributed by atoms with Gasteiger partial charge in [-0.25, -0.2) is 0 Å². The van der Waals surface area contributed by atoms with Gasteiger partial charge >= 0.3 is 0 Å². The van der Waals surface area contributed by atoms with Gasteiger partial charge < -0.3 is 15.2 Å². The highest BCUT2D eigenvalue weighted by atomic mass is 16.5. The fourth-order valence-corrected chi connectivity index (χ4v) is 2.61. The van der Waals surface area contributed by atoms with Crippen LogP contribution in [0.25, 0.3) is 0 Å². The van der Waals surface area contributed by atoms with Crippen molar-refractivity contribution in [1.82, 2.24) is 10.1 Å². The number of carbonyl (C=O) groups is 1. The van der Waals surface area contributed by atoms with Crippen LogP contribution in [0.4, 0.5) is 0 Å². The number of piperidine rings is 1. The molecule has 1 aliphatic rings. The summed E-state index contributed by atoms with van der Waals surface area (Å²) < 4.78 is 5.23. The number of nitrogens with zero attached hydrogens (tertiary/aromatic N) is 2. The van der Waals surface area contributed by atoms with Gasteiger partial charge in [0.2, 0.25) is 5.76 Å². The quantitative estimate of drug-likeness (QED) is 0.918. The molecule has 1 fully saturated rings. The topological polar surface area (TPSA) is 72.4 Å². The van der Waals surface area contributed by atoms with Crippen molar-refractivity contribution < 1.29 is 9.32 Å². The highest BCUT2D eigenvalue weighted by Gasteiger charge is 2.28. The molecular formula is C15H25N3O2. The van der Waals surface area contributed by atoms with Crippen molar-refractivity contribution in [3.8, 4) is 0 Å². The van der Waals surface area contributed by atoms with Crippen LogP contribution in [0, 0.1) is 5.92 Å². The standard InChI is InChI=1S/C15H25N3O2/c1-4-10(2)13-8-14(20-17-13)15(19)18-7-5-6-12(9-18)11(3)16/h8,10-12H,4-7,9,16H2,1-3H3.